The average Bonchev–Trinajstić information content (AvgIpc) is 2.92. The number of nitro groups is 1. The lowest BCUT2D eigenvalue weighted by molar-refractivity contribution is -0.385. The summed E-state index contributed by atoms with van der Waals surface area (Å²) in [6.45, 7) is 4.59. The first-order valence-electron chi connectivity index (χ1n) is 6.27. The monoisotopic (exact) mass is 354 g/mol. The third-order valence-corrected chi connectivity index (χ3v) is 4.55. The molecule has 0 saturated heterocycles. The van der Waals surface area contributed by atoms with Crippen LogP contribution < -0.4 is 0 Å². The third-order valence-electron chi connectivity index (χ3n) is 3.02. The van der Waals surface area contributed by atoms with Crippen LogP contribution in [0.25, 0.3) is 0 Å². The van der Waals surface area contributed by atoms with Gasteiger partial charge in [0.1, 0.15) is 0 Å². The highest BCUT2D eigenvalue weighted by molar-refractivity contribution is 9.10. The summed E-state index contributed by atoms with van der Waals surface area (Å²) in [5, 5.41) is 13.0. The fourth-order valence-corrected chi connectivity index (χ4v) is 3.09. The summed E-state index contributed by atoms with van der Waals surface area (Å²) >= 11 is 4.94. The van der Waals surface area contributed by atoms with E-state index in [1.807, 2.05) is 12.1 Å². The highest BCUT2D eigenvalue weighted by Gasteiger charge is 2.14. The van der Waals surface area contributed by atoms with E-state index in [1.54, 1.807) is 23.5 Å². The molecule has 6 heteroatoms. The van der Waals surface area contributed by atoms with E-state index in [4.69, 9.17) is 0 Å². The molecule has 0 bridgehead atoms. The Morgan fingerprint density at radius 2 is 2.15 bits per heavy atom. The number of thiophene rings is 1. The molecule has 0 aliphatic rings. The van der Waals surface area contributed by atoms with Gasteiger partial charge in [-0.1, -0.05) is 19.1 Å². The van der Waals surface area contributed by atoms with Crippen molar-refractivity contribution >= 4 is 33.0 Å². The number of halogens is 1. The molecule has 0 aliphatic heterocycles. The molecule has 4 nitrogen and oxygen atoms in total. The second-order valence-electron chi connectivity index (χ2n) is 4.43. The Bertz CT molecular complexity index is 587. The highest BCUT2D eigenvalue weighted by Crippen LogP contribution is 2.26. The molecule has 0 spiro atoms. The van der Waals surface area contributed by atoms with Gasteiger partial charge in [-0.25, -0.2) is 0 Å². The van der Waals surface area contributed by atoms with Crippen LogP contribution in [-0.2, 0) is 13.1 Å². The molecule has 0 aliphatic carbocycles. The Kier molecular flexibility index (Phi) is 5.28. The number of benzene rings is 1. The van der Waals surface area contributed by atoms with Crippen LogP contribution in [0.1, 0.15) is 17.4 Å². The summed E-state index contributed by atoms with van der Waals surface area (Å²) in [7, 11) is 0. The van der Waals surface area contributed by atoms with Gasteiger partial charge < -0.3 is 0 Å². The second kappa shape index (κ2) is 6.97. The van der Waals surface area contributed by atoms with Crippen molar-refractivity contribution in [2.45, 2.75) is 20.0 Å². The van der Waals surface area contributed by atoms with Gasteiger partial charge in [0.25, 0.3) is 5.69 Å². The van der Waals surface area contributed by atoms with Crippen molar-refractivity contribution in [2.24, 2.45) is 0 Å². The lowest BCUT2D eigenvalue weighted by Crippen LogP contribution is -2.21. The van der Waals surface area contributed by atoms with Crippen molar-refractivity contribution in [3.8, 4) is 0 Å². The van der Waals surface area contributed by atoms with E-state index in [-0.39, 0.29) is 10.6 Å². The number of rotatable bonds is 6. The van der Waals surface area contributed by atoms with Gasteiger partial charge in [0.05, 0.1) is 9.40 Å². The quantitative estimate of drug-likeness (QED) is 0.568. The van der Waals surface area contributed by atoms with Gasteiger partial charge in [0, 0.05) is 24.0 Å². The molecule has 0 N–H and O–H groups in total. The van der Waals surface area contributed by atoms with Gasteiger partial charge in [0.15, 0.2) is 0 Å². The zero-order chi connectivity index (χ0) is 14.5. The summed E-state index contributed by atoms with van der Waals surface area (Å²) in [5.74, 6) is 0. The topological polar surface area (TPSA) is 46.4 Å². The zero-order valence-corrected chi connectivity index (χ0v) is 13.5. The second-order valence-corrected chi connectivity index (χ2v) is 6.31. The van der Waals surface area contributed by atoms with Gasteiger partial charge in [-0.15, -0.1) is 11.3 Å². The van der Waals surface area contributed by atoms with Crippen molar-refractivity contribution in [1.82, 2.24) is 4.90 Å². The third kappa shape index (κ3) is 3.88. The summed E-state index contributed by atoms with van der Waals surface area (Å²) in [6.07, 6.45) is 0. The smallest absolute Gasteiger partial charge is 0.283 e. The van der Waals surface area contributed by atoms with Gasteiger partial charge in [-0.2, -0.15) is 0 Å². The zero-order valence-electron chi connectivity index (χ0n) is 11.1. The number of hydrogen-bond acceptors (Lipinski definition) is 4. The molecule has 1 aromatic carbocycles. The van der Waals surface area contributed by atoms with E-state index in [1.165, 1.54) is 4.88 Å². The molecule has 0 radical (unpaired) electrons. The molecule has 0 amide bonds. The predicted octanol–water partition coefficient (Wildman–Crippen LogP) is 4.44. The van der Waals surface area contributed by atoms with Crippen LogP contribution in [-0.4, -0.2) is 16.4 Å². The van der Waals surface area contributed by atoms with Crippen molar-refractivity contribution < 1.29 is 4.92 Å². The molecule has 2 aromatic rings. The van der Waals surface area contributed by atoms with Crippen molar-refractivity contribution in [3.05, 3.63) is 60.7 Å². The van der Waals surface area contributed by atoms with Gasteiger partial charge in [-0.3, -0.25) is 15.0 Å². The van der Waals surface area contributed by atoms with Crippen LogP contribution in [0.2, 0.25) is 0 Å². The number of nitrogens with zero attached hydrogens (tertiary/aromatic N) is 2. The summed E-state index contributed by atoms with van der Waals surface area (Å²) in [6, 6.07) is 9.46. The highest BCUT2D eigenvalue weighted by atomic mass is 79.9. The first kappa shape index (κ1) is 15.2. The molecule has 0 unspecified atom stereocenters. The molecular weight excluding hydrogens is 340 g/mol. The van der Waals surface area contributed by atoms with Gasteiger partial charge >= 0.3 is 0 Å². The van der Waals surface area contributed by atoms with Gasteiger partial charge in [-0.05, 0) is 45.6 Å². The Balaban J connectivity index is 2.11. The molecule has 1 heterocycles. The minimum absolute atomic E-state index is 0.120. The summed E-state index contributed by atoms with van der Waals surface area (Å²) in [5.41, 5.74) is 1.08. The van der Waals surface area contributed by atoms with Crippen molar-refractivity contribution in [3.63, 3.8) is 0 Å². The average molecular weight is 355 g/mol. The molecule has 0 saturated carbocycles. The molecular formula is C14H15BrN2O2S. The molecule has 2 rings (SSSR count). The Morgan fingerprint density at radius 1 is 1.35 bits per heavy atom. The SMILES string of the molecule is CCN(Cc1ccc(Br)c([N+](=O)[O-])c1)Cc1cccs1. The minimum Gasteiger partial charge on any atom is -0.294 e. The molecule has 20 heavy (non-hydrogen) atoms. The standard InChI is InChI=1S/C14H15BrN2O2S/c1-2-16(10-12-4-3-7-20-12)9-11-5-6-13(15)14(8-11)17(18)19/h3-8H,2,9-10H2,1H3. The van der Waals surface area contributed by atoms with Crippen molar-refractivity contribution in [1.29, 1.82) is 0 Å². The fraction of sp³-hybridized carbons (Fsp3) is 0.286. The van der Waals surface area contributed by atoms with E-state index in [9.17, 15) is 10.1 Å². The van der Waals surface area contributed by atoms with Crippen LogP contribution in [0.3, 0.4) is 0 Å². The van der Waals surface area contributed by atoms with E-state index in [0.29, 0.717) is 11.0 Å². The Morgan fingerprint density at radius 3 is 2.75 bits per heavy atom. The van der Waals surface area contributed by atoms with E-state index in [0.717, 1.165) is 18.7 Å². The van der Waals surface area contributed by atoms with Crippen LogP contribution in [0.5, 0.6) is 0 Å². The van der Waals surface area contributed by atoms with Crippen LogP contribution in [0.4, 0.5) is 5.69 Å². The first-order valence-corrected chi connectivity index (χ1v) is 7.95. The summed E-state index contributed by atoms with van der Waals surface area (Å²) in [4.78, 5) is 14.2. The lowest BCUT2D eigenvalue weighted by atomic mass is 10.2. The first-order chi connectivity index (χ1) is 9.60. The minimum atomic E-state index is -0.358. The molecule has 0 atom stereocenters. The molecule has 106 valence electrons. The van der Waals surface area contributed by atoms with E-state index < -0.39 is 0 Å². The van der Waals surface area contributed by atoms with Crippen molar-refractivity contribution in [2.75, 3.05) is 6.54 Å². The maximum atomic E-state index is 10.9. The fourth-order valence-electron chi connectivity index (χ4n) is 1.96. The van der Waals surface area contributed by atoms with E-state index in [2.05, 4.69) is 39.2 Å². The predicted molar refractivity (Wildman–Crippen MR) is 84.9 cm³/mol. The van der Waals surface area contributed by atoms with Crippen LogP contribution >= 0.6 is 27.3 Å². The number of hydrogen-bond donors (Lipinski definition) is 0. The Labute approximate surface area is 130 Å². The molecule has 1 aromatic heterocycles. The van der Waals surface area contributed by atoms with Gasteiger partial charge in [0.2, 0.25) is 0 Å². The normalized spacial score (nSPS) is 10.9. The maximum absolute atomic E-state index is 10.9. The Hall–Kier alpha value is -1.24. The number of nitro benzene ring substituents is 1. The summed E-state index contributed by atoms with van der Waals surface area (Å²) < 4.78 is 0.521. The molecule has 0 fully saturated rings. The van der Waals surface area contributed by atoms with Crippen LogP contribution in [0.15, 0.2) is 40.2 Å². The van der Waals surface area contributed by atoms with Crippen LogP contribution in [0, 0.1) is 10.1 Å². The largest absolute Gasteiger partial charge is 0.294 e. The van der Waals surface area contributed by atoms with E-state index >= 15 is 0 Å². The maximum Gasteiger partial charge on any atom is 0.283 e. The lowest BCUT2D eigenvalue weighted by Gasteiger charge is -2.19.